The number of aliphatic hydroxyl groups excluding tert-OH is 1. The second kappa shape index (κ2) is 7.25. The van der Waals surface area contributed by atoms with Gasteiger partial charge in [0, 0.05) is 31.7 Å². The second-order valence-electron chi connectivity index (χ2n) is 6.26. The maximum Gasteiger partial charge on any atom is 0.236 e. The lowest BCUT2D eigenvalue weighted by molar-refractivity contribution is -0.131. The van der Waals surface area contributed by atoms with Gasteiger partial charge in [-0.25, -0.2) is 0 Å². The summed E-state index contributed by atoms with van der Waals surface area (Å²) in [5.74, 6) is 0.226. The van der Waals surface area contributed by atoms with Gasteiger partial charge in [0.25, 0.3) is 0 Å². The number of piperidine rings is 1. The smallest absolute Gasteiger partial charge is 0.236 e. The van der Waals surface area contributed by atoms with Crippen molar-refractivity contribution in [2.45, 2.75) is 51.4 Å². The van der Waals surface area contributed by atoms with Crippen LogP contribution in [0, 0.1) is 5.41 Å². The quantitative estimate of drug-likeness (QED) is 0.795. The zero-order valence-corrected chi connectivity index (χ0v) is 12.0. The number of aliphatic hydroxyl groups is 1. The van der Waals surface area contributed by atoms with Gasteiger partial charge in [-0.3, -0.25) is 4.79 Å². The van der Waals surface area contributed by atoms with Crippen LogP contribution >= 0.6 is 0 Å². The molecule has 2 fully saturated rings. The molecule has 1 aliphatic heterocycles. The number of carbonyl (C=O) groups excluding carboxylic acids is 1. The van der Waals surface area contributed by atoms with Gasteiger partial charge in [-0.1, -0.05) is 19.3 Å². The van der Waals surface area contributed by atoms with Crippen LogP contribution in [0.2, 0.25) is 0 Å². The summed E-state index contributed by atoms with van der Waals surface area (Å²) in [5.41, 5.74) is 0.0282. The summed E-state index contributed by atoms with van der Waals surface area (Å²) in [6, 6.07) is 0. The number of nitrogens with zero attached hydrogens (tertiary/aromatic N) is 1. The lowest BCUT2D eigenvalue weighted by Crippen LogP contribution is -2.45. The first-order chi connectivity index (χ1) is 9.26. The summed E-state index contributed by atoms with van der Waals surface area (Å²) in [5, 5.41) is 12.9. The highest BCUT2D eigenvalue weighted by Gasteiger charge is 2.31. The number of hydrogen-bond acceptors (Lipinski definition) is 3. The Hall–Kier alpha value is -0.610. The van der Waals surface area contributed by atoms with Crippen molar-refractivity contribution in [3.8, 4) is 0 Å². The van der Waals surface area contributed by atoms with Crippen molar-refractivity contribution in [1.82, 2.24) is 10.2 Å². The first-order valence-corrected chi connectivity index (χ1v) is 7.85. The van der Waals surface area contributed by atoms with E-state index in [1.807, 2.05) is 4.90 Å². The number of hydrogen-bond donors (Lipinski definition) is 2. The Morgan fingerprint density at radius 2 is 1.68 bits per heavy atom. The van der Waals surface area contributed by atoms with Gasteiger partial charge in [0.05, 0.1) is 6.54 Å². The number of amides is 1. The first-order valence-electron chi connectivity index (χ1n) is 7.85. The van der Waals surface area contributed by atoms with Crippen LogP contribution in [0.3, 0.4) is 0 Å². The van der Waals surface area contributed by atoms with Crippen LogP contribution in [0.25, 0.3) is 0 Å². The van der Waals surface area contributed by atoms with Crippen LogP contribution < -0.4 is 5.32 Å². The van der Waals surface area contributed by atoms with E-state index in [9.17, 15) is 9.90 Å². The molecule has 4 heteroatoms. The summed E-state index contributed by atoms with van der Waals surface area (Å²) in [7, 11) is 0. The predicted molar refractivity (Wildman–Crippen MR) is 75.9 cm³/mol. The Bertz CT molecular complexity index is 282. The Morgan fingerprint density at radius 3 is 2.32 bits per heavy atom. The fourth-order valence-corrected chi connectivity index (χ4v) is 3.38. The van der Waals surface area contributed by atoms with Crippen LogP contribution in [0.1, 0.15) is 51.4 Å². The number of carbonyl (C=O) groups is 1. The Balaban J connectivity index is 1.70. The normalized spacial score (nSPS) is 23.3. The summed E-state index contributed by atoms with van der Waals surface area (Å²) >= 11 is 0. The summed E-state index contributed by atoms with van der Waals surface area (Å²) in [6.07, 6.45) is 9.44. The molecule has 0 radical (unpaired) electrons. The maximum atomic E-state index is 12.0. The maximum absolute atomic E-state index is 12.0. The van der Waals surface area contributed by atoms with E-state index in [0.29, 0.717) is 6.54 Å². The standard InChI is InChI=1S/C15H28N2O2/c18-13-15(7-3-1-4-8-15)12-16-11-14(19)17-9-5-2-6-10-17/h16,18H,1-13H2. The molecule has 2 N–H and O–H groups in total. The van der Waals surface area contributed by atoms with Crippen molar-refractivity contribution in [1.29, 1.82) is 0 Å². The van der Waals surface area contributed by atoms with E-state index in [2.05, 4.69) is 5.32 Å². The van der Waals surface area contributed by atoms with Gasteiger partial charge in [-0.15, -0.1) is 0 Å². The van der Waals surface area contributed by atoms with E-state index in [-0.39, 0.29) is 17.9 Å². The van der Waals surface area contributed by atoms with Crippen molar-refractivity contribution in [3.05, 3.63) is 0 Å². The second-order valence-corrected chi connectivity index (χ2v) is 6.26. The predicted octanol–water partition coefficient (Wildman–Crippen LogP) is 1.53. The minimum absolute atomic E-state index is 0.0282. The largest absolute Gasteiger partial charge is 0.396 e. The molecule has 19 heavy (non-hydrogen) atoms. The third-order valence-corrected chi connectivity index (χ3v) is 4.73. The summed E-state index contributed by atoms with van der Waals surface area (Å²) in [4.78, 5) is 14.0. The molecule has 110 valence electrons. The van der Waals surface area contributed by atoms with Gasteiger partial charge in [0.1, 0.15) is 0 Å². The number of likely N-dealkylation sites (tertiary alicyclic amines) is 1. The Labute approximate surface area is 116 Å². The van der Waals surface area contributed by atoms with Crippen molar-refractivity contribution < 1.29 is 9.90 Å². The van der Waals surface area contributed by atoms with Crippen LogP contribution in [0.5, 0.6) is 0 Å². The minimum atomic E-state index is 0.0282. The summed E-state index contributed by atoms with van der Waals surface area (Å²) < 4.78 is 0. The van der Waals surface area contributed by atoms with Crippen molar-refractivity contribution in [2.24, 2.45) is 5.41 Å². The average Bonchev–Trinajstić information content (AvgIpc) is 2.49. The molecule has 1 saturated carbocycles. The van der Waals surface area contributed by atoms with Gasteiger partial charge < -0.3 is 15.3 Å². The molecule has 0 aromatic carbocycles. The van der Waals surface area contributed by atoms with Crippen molar-refractivity contribution >= 4 is 5.91 Å². The molecule has 1 saturated heterocycles. The fraction of sp³-hybridized carbons (Fsp3) is 0.933. The van der Waals surface area contributed by atoms with Gasteiger partial charge in [0.2, 0.25) is 5.91 Å². The van der Waals surface area contributed by atoms with E-state index >= 15 is 0 Å². The molecular formula is C15H28N2O2. The highest BCUT2D eigenvalue weighted by Crippen LogP contribution is 2.35. The highest BCUT2D eigenvalue weighted by molar-refractivity contribution is 5.78. The summed E-state index contributed by atoms with van der Waals surface area (Å²) in [6.45, 7) is 3.31. The Kier molecular flexibility index (Phi) is 5.64. The van der Waals surface area contributed by atoms with E-state index in [1.165, 1.54) is 25.7 Å². The molecule has 2 aliphatic rings. The molecule has 1 aliphatic carbocycles. The molecule has 1 amide bonds. The van der Waals surface area contributed by atoms with Crippen LogP contribution in [-0.2, 0) is 4.79 Å². The van der Waals surface area contributed by atoms with Crippen molar-refractivity contribution in [2.75, 3.05) is 32.8 Å². The monoisotopic (exact) mass is 268 g/mol. The average molecular weight is 268 g/mol. The SMILES string of the molecule is O=C(CNCC1(CO)CCCCC1)N1CCCCC1. The lowest BCUT2D eigenvalue weighted by Gasteiger charge is -2.36. The lowest BCUT2D eigenvalue weighted by atomic mass is 9.74. The number of nitrogens with one attached hydrogen (secondary N) is 1. The van der Waals surface area contributed by atoms with E-state index in [1.54, 1.807) is 0 Å². The van der Waals surface area contributed by atoms with Gasteiger partial charge in [0.15, 0.2) is 0 Å². The van der Waals surface area contributed by atoms with E-state index in [4.69, 9.17) is 0 Å². The van der Waals surface area contributed by atoms with E-state index in [0.717, 1.165) is 45.3 Å². The molecule has 0 aromatic heterocycles. The molecule has 2 rings (SSSR count). The third kappa shape index (κ3) is 4.18. The fourth-order valence-electron chi connectivity index (χ4n) is 3.38. The molecule has 0 bridgehead atoms. The molecule has 0 spiro atoms. The number of rotatable bonds is 5. The molecule has 0 atom stereocenters. The van der Waals surface area contributed by atoms with Gasteiger partial charge in [-0.05, 0) is 32.1 Å². The van der Waals surface area contributed by atoms with Gasteiger partial charge in [-0.2, -0.15) is 0 Å². The molecular weight excluding hydrogens is 240 g/mol. The van der Waals surface area contributed by atoms with Crippen LogP contribution in [-0.4, -0.2) is 48.7 Å². The zero-order chi connectivity index (χ0) is 13.6. The van der Waals surface area contributed by atoms with Gasteiger partial charge >= 0.3 is 0 Å². The molecule has 0 unspecified atom stereocenters. The topological polar surface area (TPSA) is 52.6 Å². The highest BCUT2D eigenvalue weighted by atomic mass is 16.3. The van der Waals surface area contributed by atoms with E-state index < -0.39 is 0 Å². The van der Waals surface area contributed by atoms with Crippen LogP contribution in [0.4, 0.5) is 0 Å². The molecule has 0 aromatic rings. The first kappa shape index (κ1) is 14.8. The zero-order valence-electron chi connectivity index (χ0n) is 12.0. The molecule has 1 heterocycles. The third-order valence-electron chi connectivity index (χ3n) is 4.73. The Morgan fingerprint density at radius 1 is 1.05 bits per heavy atom. The minimum Gasteiger partial charge on any atom is -0.396 e. The van der Waals surface area contributed by atoms with Crippen molar-refractivity contribution in [3.63, 3.8) is 0 Å². The van der Waals surface area contributed by atoms with Crippen LogP contribution in [0.15, 0.2) is 0 Å². The molecule has 4 nitrogen and oxygen atoms in total.